The first-order valence-corrected chi connectivity index (χ1v) is 11.1. The molecule has 0 aromatic carbocycles. The van der Waals surface area contributed by atoms with Crippen LogP contribution < -0.4 is 0 Å². The first-order chi connectivity index (χ1) is 14.2. The Bertz CT molecular complexity index is 870. The summed E-state index contributed by atoms with van der Waals surface area (Å²) in [5.74, 6) is 1.60. The highest BCUT2D eigenvalue weighted by Crippen LogP contribution is 2.32. The predicted molar refractivity (Wildman–Crippen MR) is 109 cm³/mol. The van der Waals surface area contributed by atoms with Crippen molar-refractivity contribution in [2.75, 3.05) is 19.6 Å². The van der Waals surface area contributed by atoms with Gasteiger partial charge in [-0.2, -0.15) is 0 Å². The van der Waals surface area contributed by atoms with Gasteiger partial charge < -0.3 is 14.8 Å². The zero-order valence-corrected chi connectivity index (χ0v) is 16.8. The Morgan fingerprint density at radius 3 is 2.66 bits per heavy atom. The maximum Gasteiger partial charge on any atom is 0.245 e. The molecule has 2 aliphatic heterocycles. The molecule has 0 spiro atoms. The van der Waals surface area contributed by atoms with Gasteiger partial charge in [-0.25, -0.2) is 9.97 Å². The van der Waals surface area contributed by atoms with Crippen LogP contribution >= 0.6 is 0 Å². The van der Waals surface area contributed by atoms with E-state index in [1.54, 1.807) is 6.20 Å². The van der Waals surface area contributed by atoms with E-state index in [1.807, 2.05) is 21.9 Å². The Balaban J connectivity index is 1.29. The molecule has 3 fully saturated rings. The van der Waals surface area contributed by atoms with Gasteiger partial charge in [-0.3, -0.25) is 9.59 Å². The first-order valence-electron chi connectivity index (χ1n) is 11.1. The summed E-state index contributed by atoms with van der Waals surface area (Å²) in [6.07, 6.45) is 9.72. The van der Waals surface area contributed by atoms with Crippen LogP contribution in [-0.2, 0) is 9.59 Å². The van der Waals surface area contributed by atoms with Gasteiger partial charge in [-0.15, -0.1) is 0 Å². The number of aromatic amines is 1. The molecule has 29 heavy (non-hydrogen) atoms. The lowest BCUT2D eigenvalue weighted by Gasteiger charge is -2.36. The van der Waals surface area contributed by atoms with Crippen LogP contribution in [-0.4, -0.2) is 62.2 Å². The maximum absolute atomic E-state index is 13.4. The minimum atomic E-state index is -0.265. The summed E-state index contributed by atoms with van der Waals surface area (Å²) in [4.78, 5) is 42.5. The van der Waals surface area contributed by atoms with E-state index in [0.717, 1.165) is 81.4 Å². The fraction of sp³-hybridized carbons (Fsp3) is 0.636. The van der Waals surface area contributed by atoms with Crippen molar-refractivity contribution in [3.05, 3.63) is 24.2 Å². The van der Waals surface area contributed by atoms with Crippen molar-refractivity contribution in [3.63, 3.8) is 0 Å². The zero-order valence-electron chi connectivity index (χ0n) is 16.8. The molecule has 2 saturated heterocycles. The molecular formula is C22H29N5O2. The van der Waals surface area contributed by atoms with Crippen LogP contribution in [0.4, 0.5) is 0 Å². The van der Waals surface area contributed by atoms with E-state index in [9.17, 15) is 9.59 Å². The number of amides is 2. The third kappa shape index (κ3) is 3.51. The van der Waals surface area contributed by atoms with E-state index < -0.39 is 0 Å². The summed E-state index contributed by atoms with van der Waals surface area (Å²) >= 11 is 0. The monoisotopic (exact) mass is 395 g/mol. The highest BCUT2D eigenvalue weighted by molar-refractivity contribution is 5.89. The number of fused-ring (bicyclic) bond motifs is 1. The second-order valence-corrected chi connectivity index (χ2v) is 8.79. The van der Waals surface area contributed by atoms with Crippen LogP contribution in [0.15, 0.2) is 18.3 Å². The van der Waals surface area contributed by atoms with Gasteiger partial charge in [0.2, 0.25) is 11.8 Å². The van der Waals surface area contributed by atoms with Gasteiger partial charge in [0.25, 0.3) is 0 Å². The van der Waals surface area contributed by atoms with Crippen LogP contribution in [0.5, 0.6) is 0 Å². The lowest BCUT2D eigenvalue weighted by Crippen LogP contribution is -2.51. The van der Waals surface area contributed by atoms with Crippen molar-refractivity contribution >= 4 is 23.0 Å². The number of carbonyl (C=O) groups excluding carboxylic acids is 2. The first kappa shape index (κ1) is 18.6. The van der Waals surface area contributed by atoms with Crippen molar-refractivity contribution in [1.82, 2.24) is 24.8 Å². The van der Waals surface area contributed by atoms with Crippen molar-refractivity contribution in [2.45, 2.75) is 63.3 Å². The van der Waals surface area contributed by atoms with Crippen molar-refractivity contribution in [1.29, 1.82) is 0 Å². The highest BCUT2D eigenvalue weighted by atomic mass is 16.2. The average Bonchev–Trinajstić information content (AvgIpc) is 3.53. The molecular weight excluding hydrogens is 366 g/mol. The quantitative estimate of drug-likeness (QED) is 0.866. The van der Waals surface area contributed by atoms with Gasteiger partial charge in [-0.05, 0) is 50.7 Å². The normalized spacial score (nSPS) is 25.8. The molecule has 2 amide bonds. The summed E-state index contributed by atoms with van der Waals surface area (Å²) in [5, 5.41) is 0. The number of rotatable bonds is 3. The van der Waals surface area contributed by atoms with Crippen LogP contribution in [0, 0.1) is 5.92 Å². The number of nitrogens with zero attached hydrogens (tertiary/aromatic N) is 4. The van der Waals surface area contributed by atoms with Gasteiger partial charge in [0.05, 0.1) is 5.52 Å². The lowest BCUT2D eigenvalue weighted by molar-refractivity contribution is -0.146. The van der Waals surface area contributed by atoms with E-state index in [-0.39, 0.29) is 29.7 Å². The van der Waals surface area contributed by atoms with E-state index in [1.165, 1.54) is 0 Å². The number of hydrogen-bond acceptors (Lipinski definition) is 4. The van der Waals surface area contributed by atoms with E-state index >= 15 is 0 Å². The van der Waals surface area contributed by atoms with Gasteiger partial charge in [0.1, 0.15) is 11.9 Å². The highest BCUT2D eigenvalue weighted by Gasteiger charge is 2.40. The summed E-state index contributed by atoms with van der Waals surface area (Å²) in [7, 11) is 0. The Morgan fingerprint density at radius 1 is 1.00 bits per heavy atom. The molecule has 2 unspecified atom stereocenters. The number of piperidine rings is 1. The zero-order chi connectivity index (χ0) is 19.8. The number of nitrogens with one attached hydrogen (secondary N) is 1. The summed E-state index contributed by atoms with van der Waals surface area (Å²) in [5.41, 5.74) is 1.67. The van der Waals surface area contributed by atoms with E-state index in [4.69, 9.17) is 0 Å². The fourth-order valence-electron chi connectivity index (χ4n) is 5.36. The number of hydrogen-bond donors (Lipinski definition) is 1. The topological polar surface area (TPSA) is 82.2 Å². The van der Waals surface area contributed by atoms with Crippen molar-refractivity contribution < 1.29 is 9.59 Å². The average molecular weight is 396 g/mol. The third-order valence-electron chi connectivity index (χ3n) is 6.92. The van der Waals surface area contributed by atoms with Gasteiger partial charge >= 0.3 is 0 Å². The molecule has 2 atom stereocenters. The number of likely N-dealkylation sites (tertiary alicyclic amines) is 2. The van der Waals surface area contributed by atoms with Gasteiger partial charge in [0.15, 0.2) is 5.65 Å². The smallest absolute Gasteiger partial charge is 0.245 e. The second kappa shape index (κ2) is 7.76. The molecule has 0 bridgehead atoms. The molecule has 1 aliphatic carbocycles. The van der Waals surface area contributed by atoms with Crippen LogP contribution in [0.2, 0.25) is 0 Å². The molecule has 7 heteroatoms. The van der Waals surface area contributed by atoms with E-state index in [0.29, 0.717) is 6.54 Å². The molecule has 5 rings (SSSR count). The number of pyridine rings is 1. The molecule has 4 heterocycles. The Kier molecular flexibility index (Phi) is 4.97. The standard InChI is InChI=1S/C22H29N5O2/c28-21(15-6-1-2-7-15)27-13-5-10-18(27)22(29)26-12-4-8-16(14-26)19-24-17-9-3-11-23-20(17)25-19/h3,9,11,15-16,18H,1-2,4-8,10,12-14H2,(H,23,24,25). The van der Waals surface area contributed by atoms with Crippen molar-refractivity contribution in [2.24, 2.45) is 5.92 Å². The number of carbonyl (C=O) groups is 2. The Labute approximate surface area is 170 Å². The van der Waals surface area contributed by atoms with E-state index in [2.05, 4.69) is 15.0 Å². The molecule has 2 aromatic rings. The largest absolute Gasteiger partial charge is 0.340 e. The fourth-order valence-corrected chi connectivity index (χ4v) is 5.36. The molecule has 0 radical (unpaired) electrons. The molecule has 7 nitrogen and oxygen atoms in total. The maximum atomic E-state index is 13.4. The molecule has 1 N–H and O–H groups in total. The minimum absolute atomic E-state index is 0.132. The lowest BCUT2D eigenvalue weighted by atomic mass is 9.96. The van der Waals surface area contributed by atoms with Crippen LogP contribution in [0.1, 0.15) is 63.1 Å². The third-order valence-corrected chi connectivity index (χ3v) is 6.92. The number of imidazole rings is 1. The summed E-state index contributed by atoms with van der Waals surface area (Å²) < 4.78 is 0. The van der Waals surface area contributed by atoms with Gasteiger partial charge in [0, 0.05) is 37.7 Å². The molecule has 1 saturated carbocycles. The van der Waals surface area contributed by atoms with Gasteiger partial charge in [-0.1, -0.05) is 12.8 Å². The molecule has 3 aliphatic rings. The van der Waals surface area contributed by atoms with Crippen LogP contribution in [0.25, 0.3) is 11.2 Å². The summed E-state index contributed by atoms with van der Waals surface area (Å²) in [6.45, 7) is 2.18. The second-order valence-electron chi connectivity index (χ2n) is 8.79. The summed E-state index contributed by atoms with van der Waals surface area (Å²) in [6, 6.07) is 3.62. The molecule has 154 valence electrons. The predicted octanol–water partition coefficient (Wildman–Crippen LogP) is 2.85. The van der Waals surface area contributed by atoms with Crippen molar-refractivity contribution in [3.8, 4) is 0 Å². The SMILES string of the molecule is O=C(C1CCCN1C(=O)C1CCCC1)N1CCCC(c2nc3ncccc3[nH]2)C1. The molecule has 2 aromatic heterocycles. The number of H-pyrrole nitrogens is 1. The Morgan fingerprint density at radius 2 is 1.83 bits per heavy atom. The van der Waals surface area contributed by atoms with Crippen LogP contribution in [0.3, 0.4) is 0 Å². The Hall–Kier alpha value is -2.44. The number of aromatic nitrogens is 3. The minimum Gasteiger partial charge on any atom is -0.340 e.